The summed E-state index contributed by atoms with van der Waals surface area (Å²) in [6, 6.07) is 8.77. The third-order valence-corrected chi connectivity index (χ3v) is 4.57. The highest BCUT2D eigenvalue weighted by Crippen LogP contribution is 2.22. The van der Waals surface area contributed by atoms with Gasteiger partial charge >= 0.3 is 0 Å². The second kappa shape index (κ2) is 7.71. The number of nitrogens with zero attached hydrogens (tertiary/aromatic N) is 1. The summed E-state index contributed by atoms with van der Waals surface area (Å²) in [6.07, 6.45) is 1.96. The van der Waals surface area contributed by atoms with Crippen molar-refractivity contribution in [3.8, 4) is 0 Å². The van der Waals surface area contributed by atoms with E-state index in [1.807, 2.05) is 11.3 Å². The summed E-state index contributed by atoms with van der Waals surface area (Å²) in [7, 11) is 0. The van der Waals surface area contributed by atoms with Gasteiger partial charge in [0.2, 0.25) is 0 Å². The first kappa shape index (κ1) is 16.2. The predicted molar refractivity (Wildman–Crippen MR) is 92.0 cm³/mol. The second-order valence-corrected chi connectivity index (χ2v) is 7.19. The van der Waals surface area contributed by atoms with E-state index in [9.17, 15) is 0 Å². The molecule has 0 saturated heterocycles. The van der Waals surface area contributed by atoms with Crippen LogP contribution in [0.1, 0.15) is 47.5 Å². The number of benzene rings is 1. The minimum absolute atomic E-state index is 0.690. The molecule has 2 rings (SSSR count). The minimum Gasteiger partial charge on any atom is -0.312 e. The molecule has 0 amide bonds. The van der Waals surface area contributed by atoms with E-state index in [-0.39, 0.29) is 0 Å². The largest absolute Gasteiger partial charge is 0.312 e. The molecule has 114 valence electrons. The highest BCUT2D eigenvalue weighted by Gasteiger charge is 2.10. The summed E-state index contributed by atoms with van der Waals surface area (Å²) in [5.74, 6) is 0.690. The van der Waals surface area contributed by atoms with Gasteiger partial charge in [0.05, 0.1) is 10.7 Å². The van der Waals surface area contributed by atoms with Crippen LogP contribution in [0.3, 0.4) is 0 Å². The molecule has 0 fully saturated rings. The van der Waals surface area contributed by atoms with E-state index >= 15 is 0 Å². The van der Waals surface area contributed by atoms with Crippen LogP contribution in [0, 0.1) is 12.8 Å². The lowest BCUT2D eigenvalue weighted by Crippen LogP contribution is -2.18. The third-order valence-electron chi connectivity index (χ3n) is 3.47. The molecule has 0 unspecified atom stereocenters. The van der Waals surface area contributed by atoms with Gasteiger partial charge in [-0.3, -0.25) is 0 Å². The molecule has 2 aromatic rings. The lowest BCUT2D eigenvalue weighted by atomic mass is 10.1. The summed E-state index contributed by atoms with van der Waals surface area (Å²) < 4.78 is 0. The summed E-state index contributed by atoms with van der Waals surface area (Å²) >= 11 is 1.86. The van der Waals surface area contributed by atoms with Gasteiger partial charge in [0, 0.05) is 17.8 Å². The van der Waals surface area contributed by atoms with Crippen LogP contribution in [0.4, 0.5) is 0 Å². The van der Waals surface area contributed by atoms with Crippen molar-refractivity contribution in [2.45, 2.75) is 47.1 Å². The Morgan fingerprint density at radius 2 is 1.90 bits per heavy atom. The number of aromatic nitrogens is 1. The Kier molecular flexibility index (Phi) is 5.95. The molecule has 1 aromatic carbocycles. The zero-order valence-electron chi connectivity index (χ0n) is 13.6. The van der Waals surface area contributed by atoms with Crippen molar-refractivity contribution >= 4 is 11.3 Å². The van der Waals surface area contributed by atoms with Gasteiger partial charge in [-0.05, 0) is 31.4 Å². The lowest BCUT2D eigenvalue weighted by Gasteiger charge is -2.06. The molecule has 0 radical (unpaired) electrons. The quantitative estimate of drug-likeness (QED) is 0.822. The van der Waals surface area contributed by atoms with Gasteiger partial charge in [0.25, 0.3) is 0 Å². The smallest absolute Gasteiger partial charge is 0.0975 e. The zero-order valence-corrected chi connectivity index (χ0v) is 14.4. The molecule has 0 atom stereocenters. The van der Waals surface area contributed by atoms with Gasteiger partial charge in [-0.1, -0.05) is 50.6 Å². The van der Waals surface area contributed by atoms with Crippen molar-refractivity contribution in [2.75, 3.05) is 6.54 Å². The molecule has 1 heterocycles. The molecule has 0 aliphatic carbocycles. The monoisotopic (exact) mass is 302 g/mol. The molecule has 21 heavy (non-hydrogen) atoms. The average molecular weight is 302 g/mol. The number of rotatable bonds is 7. The fourth-order valence-electron chi connectivity index (χ4n) is 2.28. The van der Waals surface area contributed by atoms with Crippen LogP contribution in [-0.4, -0.2) is 11.5 Å². The van der Waals surface area contributed by atoms with E-state index in [2.05, 4.69) is 57.3 Å². The summed E-state index contributed by atoms with van der Waals surface area (Å²) in [5, 5.41) is 4.76. The molecule has 3 heteroatoms. The van der Waals surface area contributed by atoms with E-state index in [0.717, 1.165) is 25.9 Å². The van der Waals surface area contributed by atoms with Gasteiger partial charge in [0.1, 0.15) is 0 Å². The van der Waals surface area contributed by atoms with Crippen LogP contribution < -0.4 is 5.32 Å². The van der Waals surface area contributed by atoms with Crippen molar-refractivity contribution in [2.24, 2.45) is 5.92 Å². The molecule has 0 spiro atoms. The number of thiazole rings is 1. The van der Waals surface area contributed by atoms with Gasteiger partial charge in [-0.2, -0.15) is 0 Å². The maximum atomic E-state index is 4.82. The van der Waals surface area contributed by atoms with Gasteiger partial charge in [-0.15, -0.1) is 11.3 Å². The van der Waals surface area contributed by atoms with Gasteiger partial charge in [0.15, 0.2) is 0 Å². The maximum absolute atomic E-state index is 4.82. The molecule has 2 nitrogen and oxygen atoms in total. The fraction of sp³-hybridized carbons (Fsp3) is 0.500. The van der Waals surface area contributed by atoms with Crippen LogP contribution in [-0.2, 0) is 19.4 Å². The number of nitrogens with one attached hydrogen (secondary N) is 1. The number of hydrogen-bond acceptors (Lipinski definition) is 3. The van der Waals surface area contributed by atoms with Crippen molar-refractivity contribution in [1.82, 2.24) is 10.3 Å². The molecular formula is C18H26N2S. The van der Waals surface area contributed by atoms with E-state index in [1.165, 1.54) is 26.7 Å². The van der Waals surface area contributed by atoms with Crippen molar-refractivity contribution < 1.29 is 0 Å². The topological polar surface area (TPSA) is 24.9 Å². The van der Waals surface area contributed by atoms with Gasteiger partial charge in [-0.25, -0.2) is 4.98 Å². The SMILES string of the molecule is CCc1nc(Cc2ccc(C)cc2)sc1CNCC(C)C. The molecule has 0 aliphatic rings. The van der Waals surface area contributed by atoms with Crippen LogP contribution in [0.25, 0.3) is 0 Å². The van der Waals surface area contributed by atoms with Crippen LogP contribution in [0.5, 0.6) is 0 Å². The van der Waals surface area contributed by atoms with Crippen LogP contribution >= 0.6 is 11.3 Å². The Morgan fingerprint density at radius 3 is 2.52 bits per heavy atom. The number of aryl methyl sites for hydroxylation is 2. The van der Waals surface area contributed by atoms with Crippen LogP contribution in [0.2, 0.25) is 0 Å². The average Bonchev–Trinajstić information content (AvgIpc) is 2.83. The summed E-state index contributed by atoms with van der Waals surface area (Å²) in [6.45, 7) is 10.8. The molecule has 1 aromatic heterocycles. The first-order valence-corrected chi connectivity index (χ1v) is 8.63. The molecule has 1 N–H and O–H groups in total. The minimum atomic E-state index is 0.690. The standard InChI is InChI=1S/C18H26N2S/c1-5-16-17(12-19-11-13(2)3)21-18(20-16)10-15-8-6-14(4)7-9-15/h6-9,13,19H,5,10-12H2,1-4H3. The Bertz CT molecular complexity index is 555. The number of hydrogen-bond donors (Lipinski definition) is 1. The van der Waals surface area contributed by atoms with E-state index < -0.39 is 0 Å². The van der Waals surface area contributed by atoms with E-state index in [4.69, 9.17) is 4.98 Å². The van der Waals surface area contributed by atoms with Crippen molar-refractivity contribution in [3.63, 3.8) is 0 Å². The van der Waals surface area contributed by atoms with Crippen LogP contribution in [0.15, 0.2) is 24.3 Å². The highest BCUT2D eigenvalue weighted by atomic mass is 32.1. The fourth-order valence-corrected chi connectivity index (χ4v) is 3.44. The Morgan fingerprint density at radius 1 is 1.19 bits per heavy atom. The first-order valence-electron chi connectivity index (χ1n) is 7.82. The molecule has 0 aliphatic heterocycles. The maximum Gasteiger partial charge on any atom is 0.0975 e. The Balaban J connectivity index is 2.03. The molecule has 0 bridgehead atoms. The summed E-state index contributed by atoms with van der Waals surface area (Å²) in [4.78, 5) is 6.23. The lowest BCUT2D eigenvalue weighted by molar-refractivity contribution is 0.553. The second-order valence-electron chi connectivity index (χ2n) is 6.02. The third kappa shape index (κ3) is 4.94. The Labute approximate surface area is 132 Å². The van der Waals surface area contributed by atoms with Crippen molar-refractivity contribution in [3.05, 3.63) is 51.0 Å². The van der Waals surface area contributed by atoms with Gasteiger partial charge < -0.3 is 5.32 Å². The highest BCUT2D eigenvalue weighted by molar-refractivity contribution is 7.11. The predicted octanol–water partition coefficient (Wildman–Crippen LogP) is 4.35. The van der Waals surface area contributed by atoms with Crippen molar-refractivity contribution in [1.29, 1.82) is 0 Å². The van der Waals surface area contributed by atoms with E-state index in [0.29, 0.717) is 5.92 Å². The molecule has 0 saturated carbocycles. The normalized spacial score (nSPS) is 11.3. The zero-order chi connectivity index (χ0) is 15.2. The molecular weight excluding hydrogens is 276 g/mol. The Hall–Kier alpha value is -1.19. The summed E-state index contributed by atoms with van der Waals surface area (Å²) in [5.41, 5.74) is 3.92. The first-order chi connectivity index (χ1) is 10.1. The van der Waals surface area contributed by atoms with E-state index in [1.54, 1.807) is 0 Å².